The second-order valence-corrected chi connectivity index (χ2v) is 4.28. The van der Waals surface area contributed by atoms with Crippen LogP contribution in [0.15, 0.2) is 22.9 Å². The fourth-order valence-electron chi connectivity index (χ4n) is 1.53. The Morgan fingerprint density at radius 2 is 2.15 bits per heavy atom. The molecule has 0 fully saturated rings. The molecule has 0 aliphatic carbocycles. The zero-order chi connectivity index (χ0) is 14.7. The van der Waals surface area contributed by atoms with Gasteiger partial charge in [0, 0.05) is 0 Å². The van der Waals surface area contributed by atoms with Crippen molar-refractivity contribution < 1.29 is 19.1 Å². The molecule has 1 amide bonds. The lowest BCUT2D eigenvalue weighted by Crippen LogP contribution is -2.23. The maximum atomic E-state index is 11.7. The van der Waals surface area contributed by atoms with Crippen LogP contribution in [0.5, 0.6) is 0 Å². The van der Waals surface area contributed by atoms with E-state index in [1.54, 1.807) is 6.92 Å². The van der Waals surface area contributed by atoms with E-state index in [0.29, 0.717) is 5.76 Å². The molecule has 0 radical (unpaired) electrons. The Labute approximate surface area is 118 Å². The fourth-order valence-corrected chi connectivity index (χ4v) is 1.63. The number of furan rings is 1. The lowest BCUT2D eigenvalue weighted by Gasteiger charge is -2.01. The zero-order valence-corrected chi connectivity index (χ0v) is 11.1. The third-order valence-electron chi connectivity index (χ3n) is 2.48. The third-order valence-corrected chi connectivity index (χ3v) is 2.67. The van der Waals surface area contributed by atoms with Crippen molar-refractivity contribution in [1.29, 1.82) is 0 Å². The first-order valence-corrected chi connectivity index (χ1v) is 5.93. The molecule has 0 saturated carbocycles. The van der Waals surface area contributed by atoms with Crippen LogP contribution in [-0.2, 0) is 6.54 Å². The minimum absolute atomic E-state index is 0.0528. The molecule has 2 rings (SSSR count). The van der Waals surface area contributed by atoms with Gasteiger partial charge in [-0.3, -0.25) is 4.79 Å². The van der Waals surface area contributed by atoms with Gasteiger partial charge in [-0.25, -0.2) is 14.8 Å². The molecule has 0 bridgehead atoms. The number of carboxylic acid groups (broad SMARTS) is 1. The summed E-state index contributed by atoms with van der Waals surface area (Å²) in [6.07, 6.45) is 2.50. The maximum Gasteiger partial charge on any atom is 0.339 e. The molecule has 0 aromatic carbocycles. The lowest BCUT2D eigenvalue weighted by molar-refractivity contribution is 0.0694. The second-order valence-electron chi connectivity index (χ2n) is 3.89. The monoisotopic (exact) mass is 295 g/mol. The highest BCUT2D eigenvalue weighted by atomic mass is 35.5. The molecule has 20 heavy (non-hydrogen) atoms. The predicted molar refractivity (Wildman–Crippen MR) is 68.6 cm³/mol. The van der Waals surface area contributed by atoms with E-state index in [9.17, 15) is 9.59 Å². The molecule has 0 unspecified atom stereocenters. The number of carboxylic acids is 1. The molecular weight excluding hydrogens is 286 g/mol. The molecule has 2 N–H and O–H groups in total. The van der Waals surface area contributed by atoms with Gasteiger partial charge in [-0.2, -0.15) is 0 Å². The summed E-state index contributed by atoms with van der Waals surface area (Å²) < 4.78 is 5.23. The summed E-state index contributed by atoms with van der Waals surface area (Å²) in [5.74, 6) is -0.907. The highest BCUT2D eigenvalue weighted by Crippen LogP contribution is 2.14. The Balaban J connectivity index is 2.01. The van der Waals surface area contributed by atoms with Crippen molar-refractivity contribution >= 4 is 23.5 Å². The second kappa shape index (κ2) is 5.70. The molecule has 0 atom stereocenters. The van der Waals surface area contributed by atoms with Gasteiger partial charge in [0.25, 0.3) is 5.91 Å². The van der Waals surface area contributed by atoms with E-state index < -0.39 is 11.9 Å². The summed E-state index contributed by atoms with van der Waals surface area (Å²) in [6.45, 7) is 1.59. The highest BCUT2D eigenvalue weighted by molar-refractivity contribution is 6.29. The van der Waals surface area contributed by atoms with Gasteiger partial charge in [-0.15, -0.1) is 0 Å². The Bertz CT molecular complexity index is 651. The van der Waals surface area contributed by atoms with Gasteiger partial charge in [0.15, 0.2) is 0 Å². The minimum atomic E-state index is -1.08. The van der Waals surface area contributed by atoms with Crippen LogP contribution in [0.4, 0.5) is 0 Å². The van der Waals surface area contributed by atoms with Crippen molar-refractivity contribution in [3.05, 3.63) is 46.4 Å². The average molecular weight is 296 g/mol. The number of nitrogens with zero attached hydrogens (tertiary/aromatic N) is 2. The Hall–Kier alpha value is -2.41. The van der Waals surface area contributed by atoms with Gasteiger partial charge in [0.2, 0.25) is 0 Å². The average Bonchev–Trinajstić information content (AvgIpc) is 2.78. The van der Waals surface area contributed by atoms with E-state index in [2.05, 4.69) is 15.3 Å². The van der Waals surface area contributed by atoms with Crippen molar-refractivity contribution in [2.45, 2.75) is 13.5 Å². The van der Waals surface area contributed by atoms with Crippen molar-refractivity contribution in [2.24, 2.45) is 0 Å². The summed E-state index contributed by atoms with van der Waals surface area (Å²) in [6, 6.07) is 1.37. The number of carbonyl (C=O) groups is 2. The van der Waals surface area contributed by atoms with E-state index in [4.69, 9.17) is 21.1 Å². The van der Waals surface area contributed by atoms with Crippen LogP contribution in [-0.4, -0.2) is 27.0 Å². The smallest absolute Gasteiger partial charge is 0.339 e. The number of halogens is 1. The zero-order valence-electron chi connectivity index (χ0n) is 10.4. The highest BCUT2D eigenvalue weighted by Gasteiger charge is 2.14. The summed E-state index contributed by atoms with van der Waals surface area (Å²) in [7, 11) is 0. The molecule has 2 aromatic heterocycles. The van der Waals surface area contributed by atoms with E-state index >= 15 is 0 Å². The van der Waals surface area contributed by atoms with Crippen LogP contribution in [0.25, 0.3) is 0 Å². The molecule has 0 spiro atoms. The fraction of sp³-hybridized carbons (Fsp3) is 0.167. The first-order chi connectivity index (χ1) is 9.47. The normalized spacial score (nSPS) is 10.3. The summed E-state index contributed by atoms with van der Waals surface area (Å²) in [5.41, 5.74) is 0.177. The maximum absolute atomic E-state index is 11.7. The lowest BCUT2D eigenvalue weighted by atomic mass is 10.2. The topological polar surface area (TPSA) is 105 Å². The van der Waals surface area contributed by atoms with Crippen molar-refractivity contribution in [2.75, 3.05) is 0 Å². The molecule has 8 heteroatoms. The SMILES string of the molecule is Cc1oc(CNC(=O)c2cnc(Cl)cn2)cc1C(=O)O. The van der Waals surface area contributed by atoms with Gasteiger partial charge in [0.05, 0.1) is 18.9 Å². The van der Waals surface area contributed by atoms with E-state index in [1.807, 2.05) is 0 Å². The standard InChI is InChI=1S/C12H10ClN3O4/c1-6-8(12(18)19)2-7(20-6)3-16-11(17)9-4-15-10(13)5-14-9/h2,4-5H,3H2,1H3,(H,16,17)(H,18,19). The van der Waals surface area contributed by atoms with Crippen molar-refractivity contribution in [3.63, 3.8) is 0 Å². The van der Waals surface area contributed by atoms with Crippen LogP contribution in [0.1, 0.15) is 32.4 Å². The minimum Gasteiger partial charge on any atom is -0.478 e. The van der Waals surface area contributed by atoms with Crippen LogP contribution < -0.4 is 5.32 Å². The van der Waals surface area contributed by atoms with Gasteiger partial charge >= 0.3 is 5.97 Å². The number of nitrogens with one attached hydrogen (secondary N) is 1. The van der Waals surface area contributed by atoms with E-state index in [0.717, 1.165) is 0 Å². The van der Waals surface area contributed by atoms with Crippen LogP contribution in [0.2, 0.25) is 5.15 Å². The summed E-state index contributed by atoms with van der Waals surface area (Å²) in [5, 5.41) is 11.6. The molecule has 2 aromatic rings. The Morgan fingerprint density at radius 3 is 2.70 bits per heavy atom. The van der Waals surface area contributed by atoms with Gasteiger partial charge < -0.3 is 14.8 Å². The number of rotatable bonds is 4. The first kappa shape index (κ1) is 14.0. The predicted octanol–water partition coefficient (Wildman–Crippen LogP) is 1.66. The summed E-state index contributed by atoms with van der Waals surface area (Å²) in [4.78, 5) is 30.1. The largest absolute Gasteiger partial charge is 0.478 e. The number of aryl methyl sites for hydroxylation is 1. The molecule has 2 heterocycles. The summed E-state index contributed by atoms with van der Waals surface area (Å²) >= 11 is 5.56. The number of hydrogen-bond acceptors (Lipinski definition) is 5. The quantitative estimate of drug-likeness (QED) is 0.888. The molecule has 0 aliphatic rings. The molecule has 0 aliphatic heterocycles. The van der Waals surface area contributed by atoms with Gasteiger partial charge in [-0.1, -0.05) is 11.6 Å². The molecule has 0 saturated heterocycles. The number of aromatic nitrogens is 2. The van der Waals surface area contributed by atoms with Crippen molar-refractivity contribution in [3.8, 4) is 0 Å². The van der Waals surface area contributed by atoms with E-state index in [-0.39, 0.29) is 28.7 Å². The molecule has 7 nitrogen and oxygen atoms in total. The molecular formula is C12H10ClN3O4. The number of amides is 1. The number of hydrogen-bond donors (Lipinski definition) is 2. The van der Waals surface area contributed by atoms with Gasteiger partial charge in [0.1, 0.15) is 27.9 Å². The van der Waals surface area contributed by atoms with Crippen LogP contribution >= 0.6 is 11.6 Å². The van der Waals surface area contributed by atoms with Crippen LogP contribution in [0.3, 0.4) is 0 Å². The Morgan fingerprint density at radius 1 is 1.40 bits per heavy atom. The first-order valence-electron chi connectivity index (χ1n) is 5.55. The molecule has 104 valence electrons. The van der Waals surface area contributed by atoms with Gasteiger partial charge in [-0.05, 0) is 13.0 Å². The Kier molecular flexibility index (Phi) is 3.99. The third kappa shape index (κ3) is 3.12. The van der Waals surface area contributed by atoms with E-state index in [1.165, 1.54) is 18.5 Å². The van der Waals surface area contributed by atoms with Crippen LogP contribution in [0, 0.1) is 6.92 Å². The number of aromatic carboxylic acids is 1. The number of carbonyl (C=O) groups excluding carboxylic acids is 1. The van der Waals surface area contributed by atoms with Crippen molar-refractivity contribution in [1.82, 2.24) is 15.3 Å².